The Kier molecular flexibility index (Phi) is 14.6. The van der Waals surface area contributed by atoms with Crippen LogP contribution in [0.1, 0.15) is 91.4 Å². The van der Waals surface area contributed by atoms with Crippen LogP contribution in [0.5, 0.6) is 5.75 Å². The average molecular weight is 712 g/mol. The molecule has 6 nitrogen and oxygen atoms in total. The third-order valence-corrected chi connectivity index (χ3v) is 25.9. The van der Waals surface area contributed by atoms with E-state index in [1.54, 1.807) is 3.58 Å². The summed E-state index contributed by atoms with van der Waals surface area (Å²) in [6, 6.07) is 13.2. The molecule has 1 aliphatic carbocycles. The van der Waals surface area contributed by atoms with Gasteiger partial charge in [-0.15, -0.1) is 0 Å². The fourth-order valence-corrected chi connectivity index (χ4v) is 23.4. The van der Waals surface area contributed by atoms with Crippen LogP contribution >= 0.6 is 0 Å². The number of rotatable bonds is 17. The van der Waals surface area contributed by atoms with E-state index in [4.69, 9.17) is 4.74 Å². The molecule has 1 aliphatic heterocycles. The molecule has 1 saturated carbocycles. The van der Waals surface area contributed by atoms with Crippen molar-refractivity contribution in [2.75, 3.05) is 56.2 Å². The minimum absolute atomic E-state index is 0.145. The van der Waals surface area contributed by atoms with Crippen molar-refractivity contribution < 1.29 is 9.53 Å². The van der Waals surface area contributed by atoms with Crippen LogP contribution in [0.2, 0.25) is 13.3 Å². The Balaban J connectivity index is 1.45. The number of carbonyl (C=O) groups excluding carboxylic acids is 1. The second-order valence-corrected chi connectivity index (χ2v) is 26.6. The van der Waals surface area contributed by atoms with Crippen LogP contribution in [0.3, 0.4) is 0 Å². The normalized spacial score (nSPS) is 16.7. The summed E-state index contributed by atoms with van der Waals surface area (Å²) < 4.78 is 12.1. The van der Waals surface area contributed by atoms with Crippen LogP contribution in [0.25, 0.3) is 0 Å². The summed E-state index contributed by atoms with van der Waals surface area (Å²) in [5.74, 6) is 2.23. The summed E-state index contributed by atoms with van der Waals surface area (Å²) in [4.78, 5) is 25.3. The second kappa shape index (κ2) is 18.4. The van der Waals surface area contributed by atoms with E-state index in [-0.39, 0.29) is 11.8 Å². The van der Waals surface area contributed by atoms with E-state index in [1.807, 2.05) is 36.4 Å². The standard InChI is InChI=1S/C25H33N4O2.3C4H9.Sn/c1-31-23-12-6-5-11-22(23)28-18-15-27(16-19-28)17-20-29(24-13-7-8-14-26-24)25(30)21-9-3-2-4-10-21;3*1-3-4-2;/h6-8,11-14,21H,2-4,9-10,15-20H2,1H3;3*1,3-4H2,2H3;. The molecule has 1 aromatic carbocycles. The molecule has 1 aromatic heterocycles. The van der Waals surface area contributed by atoms with Crippen molar-refractivity contribution in [3.63, 3.8) is 0 Å². The number of methoxy groups -OCH3 is 1. The Morgan fingerprint density at radius 3 is 2.14 bits per heavy atom. The number of pyridine rings is 1. The molecule has 44 heavy (non-hydrogen) atoms. The quantitative estimate of drug-likeness (QED) is 0.156. The van der Waals surface area contributed by atoms with Crippen LogP contribution in [0.15, 0.2) is 42.6 Å². The number of hydrogen-bond donors (Lipinski definition) is 0. The number of anilines is 2. The molecule has 244 valence electrons. The van der Waals surface area contributed by atoms with Crippen LogP contribution < -0.4 is 18.1 Å². The summed E-state index contributed by atoms with van der Waals surface area (Å²) in [6.45, 7) is 12.6. The van der Waals surface area contributed by atoms with Crippen molar-refractivity contribution in [1.82, 2.24) is 9.88 Å². The number of piperazine rings is 1. The number of aromatic nitrogens is 1. The van der Waals surface area contributed by atoms with Gasteiger partial charge in [0.05, 0.1) is 0 Å². The van der Waals surface area contributed by atoms with Gasteiger partial charge < -0.3 is 0 Å². The zero-order chi connectivity index (χ0) is 31.2. The molecule has 2 aliphatic rings. The molecule has 0 unspecified atom stereocenters. The van der Waals surface area contributed by atoms with Crippen LogP contribution in [0, 0.1) is 5.92 Å². The number of carbonyl (C=O) groups is 1. The van der Waals surface area contributed by atoms with Gasteiger partial charge in [0.1, 0.15) is 0 Å². The first-order chi connectivity index (χ1) is 21.5. The Hall–Kier alpha value is -1.80. The van der Waals surface area contributed by atoms with E-state index in [9.17, 15) is 4.79 Å². The van der Waals surface area contributed by atoms with E-state index < -0.39 is 18.4 Å². The van der Waals surface area contributed by atoms with E-state index in [0.717, 1.165) is 57.1 Å². The van der Waals surface area contributed by atoms with Gasteiger partial charge in [-0.2, -0.15) is 0 Å². The molecule has 0 bridgehead atoms. The zero-order valence-corrected chi connectivity index (χ0v) is 31.2. The van der Waals surface area contributed by atoms with Crippen molar-refractivity contribution >= 4 is 39.4 Å². The molecule has 0 radical (unpaired) electrons. The number of nitrogens with zero attached hydrogens (tertiary/aromatic N) is 4. The first kappa shape index (κ1) is 35.1. The Bertz CT molecular complexity index is 1090. The van der Waals surface area contributed by atoms with Crippen molar-refractivity contribution in [2.45, 2.75) is 105 Å². The molecule has 4 rings (SSSR count). The van der Waals surface area contributed by atoms with Gasteiger partial charge in [0, 0.05) is 6.20 Å². The van der Waals surface area contributed by atoms with Gasteiger partial charge in [-0.3, -0.25) is 0 Å². The summed E-state index contributed by atoms with van der Waals surface area (Å²) in [5.41, 5.74) is 1.30. The van der Waals surface area contributed by atoms with E-state index in [2.05, 4.69) is 53.8 Å². The van der Waals surface area contributed by atoms with Crippen LogP contribution in [-0.4, -0.2) is 80.5 Å². The second-order valence-electron chi connectivity index (χ2n) is 13.3. The van der Waals surface area contributed by atoms with Crippen molar-refractivity contribution in [1.29, 1.82) is 0 Å². The van der Waals surface area contributed by atoms with Crippen molar-refractivity contribution in [3.05, 3.63) is 42.6 Å². The zero-order valence-electron chi connectivity index (χ0n) is 28.4. The Morgan fingerprint density at radius 1 is 0.909 bits per heavy atom. The third kappa shape index (κ3) is 9.37. The van der Waals surface area contributed by atoms with E-state index >= 15 is 0 Å². The maximum atomic E-state index is 13.6. The predicted molar refractivity (Wildman–Crippen MR) is 189 cm³/mol. The first-order valence-corrected chi connectivity index (χ1v) is 25.4. The molecule has 1 amide bonds. The summed E-state index contributed by atoms with van der Waals surface area (Å²) in [5, 5.41) is 0. The fourth-order valence-electron chi connectivity index (χ4n) is 7.50. The van der Waals surface area contributed by atoms with E-state index in [0.29, 0.717) is 6.54 Å². The molecule has 0 N–H and O–H groups in total. The van der Waals surface area contributed by atoms with E-state index in [1.165, 1.54) is 76.8 Å². The molecule has 2 heterocycles. The Morgan fingerprint density at radius 2 is 1.57 bits per heavy atom. The summed E-state index contributed by atoms with van der Waals surface area (Å²) in [7, 11) is 1.83. The average Bonchev–Trinajstić information content (AvgIpc) is 3.09. The topological polar surface area (TPSA) is 48.9 Å². The molecule has 1 saturated heterocycles. The molecule has 0 atom stereocenters. The fraction of sp³-hybridized carbons (Fsp3) is 0.676. The number of unbranched alkanes of at least 4 members (excludes halogenated alkanes) is 3. The summed E-state index contributed by atoms with van der Waals surface area (Å²) >= 11 is -2.55. The van der Waals surface area contributed by atoms with Gasteiger partial charge in [0.25, 0.3) is 0 Å². The molecule has 2 fully saturated rings. The van der Waals surface area contributed by atoms with Gasteiger partial charge in [0.15, 0.2) is 0 Å². The van der Waals surface area contributed by atoms with Gasteiger partial charge in [-0.05, 0) is 18.9 Å². The molecule has 7 heteroatoms. The minimum atomic E-state index is -2.55. The molecule has 2 aromatic rings. The number of benzene rings is 1. The van der Waals surface area contributed by atoms with Gasteiger partial charge >= 0.3 is 224 Å². The maximum absolute atomic E-state index is 13.6. The summed E-state index contributed by atoms with van der Waals surface area (Å²) in [6.07, 6.45) is 15.5. The van der Waals surface area contributed by atoms with Gasteiger partial charge in [0.2, 0.25) is 0 Å². The first-order valence-electron chi connectivity index (χ1n) is 17.9. The molecular weight excluding hydrogens is 651 g/mol. The predicted octanol–water partition coefficient (Wildman–Crippen LogP) is 7.88. The number of ether oxygens (including phenoxy) is 1. The third-order valence-electron chi connectivity index (χ3n) is 10.3. The van der Waals surface area contributed by atoms with Gasteiger partial charge in [-0.1, -0.05) is 25.3 Å². The van der Waals surface area contributed by atoms with Gasteiger partial charge in [-0.25, -0.2) is 0 Å². The van der Waals surface area contributed by atoms with Crippen LogP contribution in [-0.2, 0) is 4.79 Å². The van der Waals surface area contributed by atoms with Crippen molar-refractivity contribution in [2.24, 2.45) is 5.92 Å². The number of hydrogen-bond acceptors (Lipinski definition) is 5. The molecular formula is C37H60N4O2Sn. The molecule has 0 spiro atoms. The van der Waals surface area contributed by atoms with Crippen LogP contribution in [0.4, 0.5) is 11.5 Å². The SMILES string of the molecule is CCC[CH2][Sn]([CH2]CCC)([CH2]CCC)[c]1ccc(OC)c(N2CCN(CCN(C(=O)C3CCCCC3)c3ccccn3)CC2)c1. The Labute approximate surface area is 272 Å². The van der Waals surface area contributed by atoms with Crippen molar-refractivity contribution in [3.8, 4) is 5.75 Å². The number of amides is 1. The monoisotopic (exact) mass is 712 g/mol.